The number of carbonyl (C=O) groups excluding carboxylic acids is 2. The highest BCUT2D eigenvalue weighted by atomic mass is 19.1. The van der Waals surface area contributed by atoms with Gasteiger partial charge in [0.25, 0.3) is 0 Å². The van der Waals surface area contributed by atoms with Crippen LogP contribution < -0.4 is 10.1 Å². The molecule has 3 rings (SSSR count). The Labute approximate surface area is 133 Å². The summed E-state index contributed by atoms with van der Waals surface area (Å²) >= 11 is 0. The maximum absolute atomic E-state index is 14.0. The molecule has 0 spiro atoms. The SMILES string of the molecule is COc1ccc(C2NC(=O)N3CCC=CC3=C2C(C)=O)cc1F. The van der Waals surface area contributed by atoms with Crippen LogP contribution in [0.2, 0.25) is 0 Å². The standard InChI is InChI=1S/C17H17FN2O3/c1-10(21)15-13-5-3-4-8-20(13)17(22)19-16(15)11-6-7-14(23-2)12(18)9-11/h3,5-7,9,16H,4,8H2,1-2H3,(H,19,22). The summed E-state index contributed by atoms with van der Waals surface area (Å²) in [5.41, 5.74) is 1.56. The molecule has 1 unspecified atom stereocenters. The number of hydrogen-bond acceptors (Lipinski definition) is 3. The molecule has 1 N–H and O–H groups in total. The Morgan fingerprint density at radius 3 is 2.87 bits per heavy atom. The lowest BCUT2D eigenvalue weighted by atomic mass is 9.91. The summed E-state index contributed by atoms with van der Waals surface area (Å²) in [6.45, 7) is 1.98. The van der Waals surface area contributed by atoms with Gasteiger partial charge >= 0.3 is 6.03 Å². The number of nitrogens with zero attached hydrogens (tertiary/aromatic N) is 1. The third kappa shape index (κ3) is 2.60. The zero-order valence-electron chi connectivity index (χ0n) is 12.9. The number of ketones is 1. The van der Waals surface area contributed by atoms with Crippen molar-refractivity contribution in [3.63, 3.8) is 0 Å². The van der Waals surface area contributed by atoms with Crippen LogP contribution in [0.3, 0.4) is 0 Å². The van der Waals surface area contributed by atoms with Gasteiger partial charge in [0, 0.05) is 12.1 Å². The van der Waals surface area contributed by atoms with Crippen molar-refractivity contribution < 1.29 is 18.7 Å². The van der Waals surface area contributed by atoms with Crippen LogP contribution in [0.25, 0.3) is 0 Å². The molecule has 0 saturated carbocycles. The van der Waals surface area contributed by atoms with Crippen molar-refractivity contribution in [2.24, 2.45) is 0 Å². The van der Waals surface area contributed by atoms with Gasteiger partial charge in [-0.15, -0.1) is 0 Å². The Hall–Kier alpha value is -2.63. The maximum Gasteiger partial charge on any atom is 0.322 e. The Balaban J connectivity index is 2.12. The summed E-state index contributed by atoms with van der Waals surface area (Å²) in [7, 11) is 1.38. The number of benzene rings is 1. The van der Waals surface area contributed by atoms with Crippen LogP contribution in [0.1, 0.15) is 24.9 Å². The molecule has 0 radical (unpaired) electrons. The van der Waals surface area contributed by atoms with E-state index in [2.05, 4.69) is 5.32 Å². The number of methoxy groups -OCH3 is 1. The topological polar surface area (TPSA) is 58.6 Å². The van der Waals surface area contributed by atoms with Gasteiger partial charge in [-0.05, 0) is 37.1 Å². The lowest BCUT2D eigenvalue weighted by molar-refractivity contribution is -0.114. The van der Waals surface area contributed by atoms with E-state index in [-0.39, 0.29) is 17.6 Å². The molecule has 2 heterocycles. The van der Waals surface area contributed by atoms with Crippen molar-refractivity contribution in [2.45, 2.75) is 19.4 Å². The van der Waals surface area contributed by atoms with Gasteiger partial charge in [0.1, 0.15) is 0 Å². The highest BCUT2D eigenvalue weighted by molar-refractivity contribution is 5.99. The minimum Gasteiger partial charge on any atom is -0.494 e. The highest BCUT2D eigenvalue weighted by Crippen LogP contribution is 2.34. The fraction of sp³-hybridized carbons (Fsp3) is 0.294. The van der Waals surface area contributed by atoms with E-state index >= 15 is 0 Å². The number of Topliss-reactive ketones (excluding diaryl/α,β-unsaturated/α-hetero) is 1. The fourth-order valence-electron chi connectivity index (χ4n) is 2.97. The Kier molecular flexibility index (Phi) is 3.90. The average molecular weight is 316 g/mol. The summed E-state index contributed by atoms with van der Waals surface area (Å²) in [6.07, 6.45) is 4.45. The summed E-state index contributed by atoms with van der Waals surface area (Å²) in [5.74, 6) is -0.571. The van der Waals surface area contributed by atoms with Crippen LogP contribution in [-0.4, -0.2) is 30.4 Å². The van der Waals surface area contributed by atoms with Gasteiger partial charge in [0.05, 0.1) is 18.8 Å². The van der Waals surface area contributed by atoms with Crippen molar-refractivity contribution in [1.82, 2.24) is 10.2 Å². The molecule has 2 amide bonds. The minimum atomic E-state index is -0.672. The fourth-order valence-corrected chi connectivity index (χ4v) is 2.97. The number of urea groups is 1. The number of amides is 2. The molecule has 1 aromatic rings. The van der Waals surface area contributed by atoms with Gasteiger partial charge in [-0.3, -0.25) is 9.69 Å². The zero-order valence-corrected chi connectivity index (χ0v) is 12.9. The third-order valence-electron chi connectivity index (χ3n) is 4.05. The minimum absolute atomic E-state index is 0.118. The van der Waals surface area contributed by atoms with Gasteiger partial charge in [-0.1, -0.05) is 12.1 Å². The third-order valence-corrected chi connectivity index (χ3v) is 4.05. The Morgan fingerprint density at radius 2 is 2.22 bits per heavy atom. The molecule has 6 heteroatoms. The Bertz CT molecular complexity index is 739. The molecule has 2 aliphatic heterocycles. The van der Waals surface area contributed by atoms with Crippen molar-refractivity contribution in [2.75, 3.05) is 13.7 Å². The summed E-state index contributed by atoms with van der Waals surface area (Å²) in [6, 6.07) is 3.47. The van der Waals surface area contributed by atoms with Crippen LogP contribution in [0.5, 0.6) is 5.75 Å². The predicted octanol–water partition coefficient (Wildman–Crippen LogP) is 2.70. The molecule has 0 bridgehead atoms. The van der Waals surface area contributed by atoms with E-state index < -0.39 is 11.9 Å². The van der Waals surface area contributed by atoms with Crippen LogP contribution in [0, 0.1) is 5.82 Å². The maximum atomic E-state index is 14.0. The number of allylic oxidation sites excluding steroid dienone is 1. The molecular weight excluding hydrogens is 299 g/mol. The van der Waals surface area contributed by atoms with E-state index in [9.17, 15) is 14.0 Å². The molecule has 120 valence electrons. The molecule has 0 aliphatic carbocycles. The quantitative estimate of drug-likeness (QED) is 0.933. The second-order valence-electron chi connectivity index (χ2n) is 5.47. The number of fused-ring (bicyclic) bond motifs is 1. The van der Waals surface area contributed by atoms with Crippen LogP contribution >= 0.6 is 0 Å². The van der Waals surface area contributed by atoms with Gasteiger partial charge in [-0.2, -0.15) is 0 Å². The van der Waals surface area contributed by atoms with Crippen molar-refractivity contribution in [1.29, 1.82) is 0 Å². The molecule has 0 saturated heterocycles. The lowest BCUT2D eigenvalue weighted by Crippen LogP contribution is -2.48. The normalized spacial score (nSPS) is 20.2. The van der Waals surface area contributed by atoms with Gasteiger partial charge in [-0.25, -0.2) is 9.18 Å². The largest absolute Gasteiger partial charge is 0.494 e. The van der Waals surface area contributed by atoms with Crippen molar-refractivity contribution in [3.05, 3.63) is 53.0 Å². The molecule has 1 aromatic carbocycles. The number of halogens is 1. The molecule has 0 aromatic heterocycles. The summed E-state index contributed by atoms with van der Waals surface area (Å²) in [4.78, 5) is 26.0. The second-order valence-corrected chi connectivity index (χ2v) is 5.47. The van der Waals surface area contributed by atoms with Crippen molar-refractivity contribution in [3.8, 4) is 5.75 Å². The number of ether oxygens (including phenoxy) is 1. The number of rotatable bonds is 3. The number of hydrogen-bond donors (Lipinski definition) is 1. The van der Waals surface area contributed by atoms with E-state index in [1.165, 1.54) is 26.2 Å². The first-order valence-electron chi connectivity index (χ1n) is 7.36. The van der Waals surface area contributed by atoms with Gasteiger partial charge < -0.3 is 10.1 Å². The van der Waals surface area contributed by atoms with Crippen LogP contribution in [0.4, 0.5) is 9.18 Å². The number of carbonyl (C=O) groups is 2. The summed E-state index contributed by atoms with van der Waals surface area (Å²) < 4.78 is 18.9. The van der Waals surface area contributed by atoms with Crippen LogP contribution in [0.15, 0.2) is 41.6 Å². The summed E-state index contributed by atoms with van der Waals surface area (Å²) in [5, 5.41) is 2.79. The lowest BCUT2D eigenvalue weighted by Gasteiger charge is -2.37. The molecule has 23 heavy (non-hydrogen) atoms. The molecular formula is C17H17FN2O3. The van der Waals surface area contributed by atoms with E-state index in [1.807, 2.05) is 6.08 Å². The molecule has 0 fully saturated rings. The monoisotopic (exact) mass is 316 g/mol. The molecule has 2 aliphatic rings. The zero-order chi connectivity index (χ0) is 16.6. The van der Waals surface area contributed by atoms with E-state index in [4.69, 9.17) is 4.74 Å². The second kappa shape index (κ2) is 5.87. The average Bonchev–Trinajstić information content (AvgIpc) is 2.54. The molecule has 1 atom stereocenters. The molecule has 5 nitrogen and oxygen atoms in total. The Morgan fingerprint density at radius 1 is 1.43 bits per heavy atom. The first-order valence-corrected chi connectivity index (χ1v) is 7.36. The smallest absolute Gasteiger partial charge is 0.322 e. The van der Waals surface area contributed by atoms with E-state index in [1.54, 1.807) is 17.0 Å². The predicted molar refractivity (Wildman–Crippen MR) is 82.4 cm³/mol. The van der Waals surface area contributed by atoms with Crippen molar-refractivity contribution >= 4 is 11.8 Å². The van der Waals surface area contributed by atoms with Gasteiger partial charge in [0.15, 0.2) is 17.3 Å². The van der Waals surface area contributed by atoms with E-state index in [0.717, 1.165) is 6.42 Å². The number of nitrogens with one attached hydrogen (secondary N) is 1. The first kappa shape index (κ1) is 15.3. The van der Waals surface area contributed by atoms with Crippen LogP contribution in [-0.2, 0) is 4.79 Å². The van der Waals surface area contributed by atoms with Gasteiger partial charge in [0.2, 0.25) is 0 Å². The first-order chi connectivity index (χ1) is 11.0. The highest BCUT2D eigenvalue weighted by Gasteiger charge is 2.35. The van der Waals surface area contributed by atoms with E-state index in [0.29, 0.717) is 23.4 Å².